The topological polar surface area (TPSA) is 98.1 Å². The molecule has 0 spiro atoms. The van der Waals surface area contributed by atoms with Gasteiger partial charge in [0.25, 0.3) is 0 Å². The molecule has 0 fully saturated rings. The number of ether oxygens (including phenoxy) is 1. The third-order valence-corrected chi connectivity index (χ3v) is 3.20. The second-order valence-corrected chi connectivity index (χ2v) is 5.37. The van der Waals surface area contributed by atoms with E-state index in [0.29, 0.717) is 5.56 Å². The van der Waals surface area contributed by atoms with E-state index < -0.39 is 12.0 Å². The molecular formula is C14H13Cl2N3O3. The first-order valence-corrected chi connectivity index (χ1v) is 7.11. The van der Waals surface area contributed by atoms with E-state index in [0.717, 1.165) is 5.56 Å². The number of aromatic nitrogens is 2. The number of nitrogens with two attached hydrogens (primary N) is 1. The summed E-state index contributed by atoms with van der Waals surface area (Å²) in [6.45, 7) is 0.000115. The Balaban J connectivity index is 1.91. The van der Waals surface area contributed by atoms with Gasteiger partial charge in [-0.05, 0) is 29.7 Å². The van der Waals surface area contributed by atoms with Gasteiger partial charge in [0.05, 0.1) is 0 Å². The minimum atomic E-state index is -0.835. The maximum atomic E-state index is 11.9. The molecule has 2 aromatic rings. The second kappa shape index (κ2) is 7.40. The van der Waals surface area contributed by atoms with Crippen molar-refractivity contribution in [2.75, 3.05) is 0 Å². The third-order valence-electron chi connectivity index (χ3n) is 2.81. The van der Waals surface area contributed by atoms with Crippen LogP contribution in [-0.2, 0) is 22.6 Å². The van der Waals surface area contributed by atoms with Crippen LogP contribution in [-0.4, -0.2) is 22.0 Å². The first-order valence-electron chi connectivity index (χ1n) is 6.36. The predicted molar refractivity (Wildman–Crippen MR) is 82.8 cm³/mol. The summed E-state index contributed by atoms with van der Waals surface area (Å²) < 4.78 is 5.11. The number of rotatable bonds is 5. The van der Waals surface area contributed by atoms with Gasteiger partial charge in [-0.25, -0.2) is 4.98 Å². The number of hydrogen-bond donors (Lipinski definition) is 2. The van der Waals surface area contributed by atoms with Crippen molar-refractivity contribution in [2.24, 2.45) is 5.73 Å². The van der Waals surface area contributed by atoms with Crippen LogP contribution < -0.4 is 11.3 Å². The van der Waals surface area contributed by atoms with Gasteiger partial charge in [0.1, 0.15) is 23.0 Å². The predicted octanol–water partition coefficient (Wildman–Crippen LogP) is 1.69. The SMILES string of the molecule is N[C@@H](Cc1ccc(=O)[nH]c1)C(=O)OCc1cc(Cl)nc(Cl)c1. The average Bonchev–Trinajstić information content (AvgIpc) is 2.46. The molecule has 0 radical (unpaired) electrons. The average molecular weight is 342 g/mol. The number of hydrogen-bond acceptors (Lipinski definition) is 5. The maximum Gasteiger partial charge on any atom is 0.323 e. The number of aromatic amines is 1. The Morgan fingerprint density at radius 2 is 1.95 bits per heavy atom. The first-order chi connectivity index (χ1) is 10.4. The van der Waals surface area contributed by atoms with Crippen molar-refractivity contribution in [3.05, 3.63) is 62.2 Å². The van der Waals surface area contributed by atoms with Crippen molar-refractivity contribution in [3.8, 4) is 0 Å². The van der Waals surface area contributed by atoms with Gasteiger partial charge in [-0.3, -0.25) is 9.59 Å². The highest BCUT2D eigenvalue weighted by atomic mass is 35.5. The lowest BCUT2D eigenvalue weighted by molar-refractivity contribution is -0.146. The van der Waals surface area contributed by atoms with Crippen LogP contribution in [0.2, 0.25) is 10.3 Å². The van der Waals surface area contributed by atoms with E-state index in [-0.39, 0.29) is 28.9 Å². The van der Waals surface area contributed by atoms with Gasteiger partial charge in [-0.2, -0.15) is 0 Å². The number of pyridine rings is 2. The van der Waals surface area contributed by atoms with E-state index in [4.69, 9.17) is 33.7 Å². The Morgan fingerprint density at radius 3 is 2.55 bits per heavy atom. The monoisotopic (exact) mass is 341 g/mol. The molecule has 2 aromatic heterocycles. The van der Waals surface area contributed by atoms with E-state index in [2.05, 4.69) is 9.97 Å². The van der Waals surface area contributed by atoms with E-state index in [9.17, 15) is 9.59 Å². The van der Waals surface area contributed by atoms with Gasteiger partial charge in [0.15, 0.2) is 0 Å². The van der Waals surface area contributed by atoms with Crippen molar-refractivity contribution in [1.29, 1.82) is 0 Å². The molecule has 22 heavy (non-hydrogen) atoms. The molecule has 0 aromatic carbocycles. The number of carbonyl (C=O) groups is 1. The summed E-state index contributed by atoms with van der Waals surface area (Å²) in [7, 11) is 0. The van der Waals surface area contributed by atoms with E-state index >= 15 is 0 Å². The van der Waals surface area contributed by atoms with Crippen LogP contribution in [0.1, 0.15) is 11.1 Å². The van der Waals surface area contributed by atoms with Gasteiger partial charge in [0.2, 0.25) is 5.56 Å². The van der Waals surface area contributed by atoms with Crippen LogP contribution in [0.15, 0.2) is 35.3 Å². The molecule has 0 aliphatic carbocycles. The molecule has 1 atom stereocenters. The normalized spacial score (nSPS) is 12.0. The molecule has 0 aliphatic heterocycles. The molecule has 0 unspecified atom stereocenters. The highest BCUT2D eigenvalue weighted by Gasteiger charge is 2.16. The highest BCUT2D eigenvalue weighted by molar-refractivity contribution is 6.32. The summed E-state index contributed by atoms with van der Waals surface area (Å²) in [5, 5.41) is 0.437. The molecule has 8 heteroatoms. The molecule has 0 saturated heterocycles. The maximum absolute atomic E-state index is 11.9. The summed E-state index contributed by atoms with van der Waals surface area (Å²) in [6, 6.07) is 5.24. The largest absolute Gasteiger partial charge is 0.460 e. The Kier molecular flexibility index (Phi) is 5.54. The Labute approximate surface area is 136 Å². The Bertz CT molecular complexity index is 693. The Hall–Kier alpha value is -1.89. The van der Waals surface area contributed by atoms with Crippen molar-refractivity contribution in [1.82, 2.24) is 9.97 Å². The number of nitrogens with one attached hydrogen (secondary N) is 1. The van der Waals surface area contributed by atoms with Crippen LogP contribution in [0.4, 0.5) is 0 Å². The van der Waals surface area contributed by atoms with Gasteiger partial charge < -0.3 is 15.5 Å². The van der Waals surface area contributed by atoms with Crippen LogP contribution in [0.3, 0.4) is 0 Å². The fraction of sp³-hybridized carbons (Fsp3) is 0.214. The quantitative estimate of drug-likeness (QED) is 0.636. The molecule has 0 aliphatic rings. The molecule has 6 nitrogen and oxygen atoms in total. The molecule has 0 bridgehead atoms. The van der Waals surface area contributed by atoms with E-state index in [1.165, 1.54) is 12.3 Å². The van der Waals surface area contributed by atoms with Crippen molar-refractivity contribution >= 4 is 29.2 Å². The van der Waals surface area contributed by atoms with Crippen molar-refractivity contribution in [3.63, 3.8) is 0 Å². The highest BCUT2D eigenvalue weighted by Crippen LogP contribution is 2.15. The van der Waals surface area contributed by atoms with E-state index in [1.807, 2.05) is 0 Å². The number of esters is 1. The fourth-order valence-electron chi connectivity index (χ4n) is 1.77. The summed E-state index contributed by atoms with van der Waals surface area (Å²) >= 11 is 11.5. The van der Waals surface area contributed by atoms with Crippen molar-refractivity contribution < 1.29 is 9.53 Å². The van der Waals surface area contributed by atoms with Gasteiger partial charge in [-0.1, -0.05) is 29.3 Å². The second-order valence-electron chi connectivity index (χ2n) is 4.60. The van der Waals surface area contributed by atoms with E-state index in [1.54, 1.807) is 18.2 Å². The summed E-state index contributed by atoms with van der Waals surface area (Å²) in [6.07, 6.45) is 1.77. The lowest BCUT2D eigenvalue weighted by Crippen LogP contribution is -2.34. The molecular weight excluding hydrogens is 329 g/mol. The summed E-state index contributed by atoms with van der Waals surface area (Å²) in [4.78, 5) is 29.1. The molecule has 3 N–H and O–H groups in total. The van der Waals surface area contributed by atoms with Gasteiger partial charge in [0, 0.05) is 12.3 Å². The minimum absolute atomic E-state index is 0.000115. The number of carbonyl (C=O) groups excluding carboxylic acids is 1. The number of nitrogens with zero attached hydrogens (tertiary/aromatic N) is 1. The summed E-state index contributed by atoms with van der Waals surface area (Å²) in [5.74, 6) is -0.560. The van der Waals surface area contributed by atoms with Crippen LogP contribution >= 0.6 is 23.2 Å². The smallest absolute Gasteiger partial charge is 0.323 e. The standard InChI is InChI=1S/C14H13Cl2N3O3/c15-11-4-9(5-12(16)19-11)7-22-14(21)10(17)3-8-1-2-13(20)18-6-8/h1-2,4-6,10H,3,7,17H2,(H,18,20)/t10-/m0/s1. The zero-order valence-electron chi connectivity index (χ0n) is 11.4. The number of H-pyrrole nitrogens is 1. The van der Waals surface area contributed by atoms with Crippen LogP contribution in [0.25, 0.3) is 0 Å². The summed E-state index contributed by atoms with van der Waals surface area (Å²) in [5.41, 5.74) is 6.92. The van der Waals surface area contributed by atoms with Gasteiger partial charge >= 0.3 is 5.97 Å². The molecule has 2 heterocycles. The third kappa shape index (κ3) is 4.84. The molecule has 0 saturated carbocycles. The molecule has 0 amide bonds. The van der Waals surface area contributed by atoms with Gasteiger partial charge in [-0.15, -0.1) is 0 Å². The number of halogens is 2. The van der Waals surface area contributed by atoms with Crippen molar-refractivity contribution in [2.45, 2.75) is 19.1 Å². The minimum Gasteiger partial charge on any atom is -0.460 e. The zero-order valence-corrected chi connectivity index (χ0v) is 12.9. The lowest BCUT2D eigenvalue weighted by atomic mass is 10.1. The molecule has 2 rings (SSSR count). The zero-order chi connectivity index (χ0) is 16.1. The fourth-order valence-corrected chi connectivity index (χ4v) is 2.27. The first kappa shape index (κ1) is 16.5. The lowest BCUT2D eigenvalue weighted by Gasteiger charge is -2.11. The van der Waals surface area contributed by atoms with Crippen LogP contribution in [0, 0.1) is 0 Å². The Morgan fingerprint density at radius 1 is 1.27 bits per heavy atom. The molecule has 116 valence electrons. The van der Waals surface area contributed by atoms with Crippen LogP contribution in [0.5, 0.6) is 0 Å².